The van der Waals surface area contributed by atoms with Crippen molar-refractivity contribution in [3.8, 4) is 0 Å². The van der Waals surface area contributed by atoms with E-state index in [4.69, 9.17) is 4.74 Å². The van der Waals surface area contributed by atoms with Crippen LogP contribution in [0.25, 0.3) is 0 Å². The zero-order valence-electron chi connectivity index (χ0n) is 15.3. The van der Waals surface area contributed by atoms with Crippen LogP contribution in [0.15, 0.2) is 11.1 Å². The highest BCUT2D eigenvalue weighted by Gasteiger charge is 2.66. The number of rotatable bonds is 0. The lowest BCUT2D eigenvalue weighted by molar-refractivity contribution is -0.300. The summed E-state index contributed by atoms with van der Waals surface area (Å²) in [6.07, 6.45) is 3.08. The first-order chi connectivity index (χ1) is 11.1. The molecule has 2 saturated carbocycles. The van der Waals surface area contributed by atoms with Gasteiger partial charge in [0, 0.05) is 11.3 Å². The zero-order chi connectivity index (χ0) is 17.5. The number of aliphatic hydroxyl groups is 2. The van der Waals surface area contributed by atoms with Gasteiger partial charge in [0.15, 0.2) is 5.78 Å². The molecular formula is C20H30O4. The highest BCUT2D eigenvalue weighted by atomic mass is 16.6. The van der Waals surface area contributed by atoms with Crippen LogP contribution in [0.3, 0.4) is 0 Å². The number of hydrogen-bond acceptors (Lipinski definition) is 4. The SMILES string of the molecule is CC1=C2[C@@H](O)C(=O)[C@]3(C)CC[C@H]4OC[C@@]4(O)[C@H]3C[C@H](CC1)C2(C)C. The van der Waals surface area contributed by atoms with E-state index in [1.54, 1.807) is 0 Å². The molecule has 24 heavy (non-hydrogen) atoms. The van der Waals surface area contributed by atoms with Gasteiger partial charge in [-0.2, -0.15) is 0 Å². The van der Waals surface area contributed by atoms with Gasteiger partial charge in [0.25, 0.3) is 0 Å². The van der Waals surface area contributed by atoms with Crippen LogP contribution in [0.2, 0.25) is 0 Å². The summed E-state index contributed by atoms with van der Waals surface area (Å²) in [5.74, 6) is 0.171. The largest absolute Gasteiger partial charge is 0.384 e. The average Bonchev–Trinajstić information content (AvgIpc) is 2.49. The number of Topliss-reactive ketones (excluding diaryl/α,β-unsaturated/α-hetero) is 1. The lowest BCUT2D eigenvalue weighted by atomic mass is 9.48. The van der Waals surface area contributed by atoms with Crippen molar-refractivity contribution in [2.75, 3.05) is 6.61 Å². The molecule has 2 N–H and O–H groups in total. The number of aliphatic hydroxyl groups excluding tert-OH is 1. The third kappa shape index (κ3) is 1.88. The molecule has 1 aliphatic heterocycles. The van der Waals surface area contributed by atoms with E-state index in [1.165, 1.54) is 5.57 Å². The highest BCUT2D eigenvalue weighted by molar-refractivity contribution is 5.92. The molecule has 0 radical (unpaired) electrons. The first kappa shape index (κ1) is 16.7. The molecule has 0 aromatic carbocycles. The summed E-state index contributed by atoms with van der Waals surface area (Å²) in [4.78, 5) is 13.4. The molecule has 0 amide bonds. The number of allylic oxidation sites excluding steroid dienone is 1. The predicted octanol–water partition coefficient (Wildman–Crippen LogP) is 2.62. The monoisotopic (exact) mass is 334 g/mol. The average molecular weight is 334 g/mol. The van der Waals surface area contributed by atoms with Crippen LogP contribution in [0.1, 0.15) is 59.8 Å². The lowest BCUT2D eigenvalue weighted by Gasteiger charge is -2.62. The molecule has 0 unspecified atom stereocenters. The fourth-order valence-corrected chi connectivity index (χ4v) is 6.33. The summed E-state index contributed by atoms with van der Waals surface area (Å²) in [6, 6.07) is 0. The minimum atomic E-state index is -1.03. The molecule has 134 valence electrons. The first-order valence-electron chi connectivity index (χ1n) is 9.39. The van der Waals surface area contributed by atoms with Crippen LogP contribution in [0.4, 0.5) is 0 Å². The molecule has 2 bridgehead atoms. The quantitative estimate of drug-likeness (QED) is 0.668. The Morgan fingerprint density at radius 2 is 1.92 bits per heavy atom. The van der Waals surface area contributed by atoms with E-state index in [0.29, 0.717) is 25.4 Å². The number of ketones is 1. The summed E-state index contributed by atoms with van der Waals surface area (Å²) in [7, 11) is 0. The van der Waals surface area contributed by atoms with E-state index in [2.05, 4.69) is 20.8 Å². The van der Waals surface area contributed by atoms with Gasteiger partial charge in [-0.05, 0) is 55.9 Å². The van der Waals surface area contributed by atoms with Gasteiger partial charge in [-0.3, -0.25) is 4.79 Å². The zero-order valence-corrected chi connectivity index (χ0v) is 15.3. The van der Waals surface area contributed by atoms with Gasteiger partial charge in [-0.15, -0.1) is 0 Å². The Balaban J connectivity index is 1.85. The minimum Gasteiger partial charge on any atom is -0.384 e. The van der Waals surface area contributed by atoms with E-state index < -0.39 is 17.1 Å². The predicted molar refractivity (Wildman–Crippen MR) is 90.4 cm³/mol. The van der Waals surface area contributed by atoms with Crippen molar-refractivity contribution in [1.82, 2.24) is 0 Å². The van der Waals surface area contributed by atoms with Crippen molar-refractivity contribution < 1.29 is 19.7 Å². The molecule has 1 saturated heterocycles. The molecule has 0 spiro atoms. The minimum absolute atomic E-state index is 0.0888. The fourth-order valence-electron chi connectivity index (χ4n) is 6.33. The fraction of sp³-hybridized carbons (Fsp3) is 0.850. The summed E-state index contributed by atoms with van der Waals surface area (Å²) in [5, 5.41) is 22.3. The number of carbonyl (C=O) groups is 1. The summed E-state index contributed by atoms with van der Waals surface area (Å²) in [6.45, 7) is 8.69. The molecule has 6 atom stereocenters. The number of ether oxygens (including phenoxy) is 1. The second-order valence-electron chi connectivity index (χ2n) is 9.45. The van der Waals surface area contributed by atoms with Crippen molar-refractivity contribution in [3.63, 3.8) is 0 Å². The van der Waals surface area contributed by atoms with Gasteiger partial charge in [-0.1, -0.05) is 26.3 Å². The maximum absolute atomic E-state index is 13.4. The van der Waals surface area contributed by atoms with Crippen LogP contribution in [0.5, 0.6) is 0 Å². The Kier molecular flexibility index (Phi) is 3.44. The van der Waals surface area contributed by atoms with E-state index in [1.807, 2.05) is 6.92 Å². The second-order valence-corrected chi connectivity index (χ2v) is 9.45. The van der Waals surface area contributed by atoms with Gasteiger partial charge in [0.1, 0.15) is 11.7 Å². The standard InChI is InChI=1S/C20H30O4/c1-11-5-6-12-9-13-19(4,8-7-14-20(13,23)10-24-14)17(22)16(21)15(11)18(12,2)3/h12-14,16,21,23H,5-10H2,1-4H3/t12-,13-,14+,16+,19+,20+/m0/s1. The Labute approximate surface area is 144 Å². The Morgan fingerprint density at radius 3 is 2.54 bits per heavy atom. The molecule has 0 aromatic rings. The van der Waals surface area contributed by atoms with E-state index in [0.717, 1.165) is 24.8 Å². The van der Waals surface area contributed by atoms with Crippen LogP contribution in [-0.4, -0.2) is 40.4 Å². The molecular weight excluding hydrogens is 304 g/mol. The van der Waals surface area contributed by atoms with Crippen LogP contribution in [0, 0.1) is 22.7 Å². The first-order valence-corrected chi connectivity index (χ1v) is 9.39. The molecule has 0 aromatic heterocycles. The van der Waals surface area contributed by atoms with E-state index in [-0.39, 0.29) is 23.2 Å². The van der Waals surface area contributed by atoms with Crippen LogP contribution in [-0.2, 0) is 9.53 Å². The van der Waals surface area contributed by atoms with Gasteiger partial charge in [0.05, 0.1) is 12.7 Å². The van der Waals surface area contributed by atoms with Crippen molar-refractivity contribution in [2.45, 2.75) is 77.6 Å². The number of fused-ring (bicyclic) bond motifs is 5. The van der Waals surface area contributed by atoms with Crippen molar-refractivity contribution >= 4 is 5.78 Å². The Morgan fingerprint density at radius 1 is 1.21 bits per heavy atom. The van der Waals surface area contributed by atoms with Crippen molar-refractivity contribution in [2.24, 2.45) is 22.7 Å². The molecule has 3 fully saturated rings. The van der Waals surface area contributed by atoms with Crippen LogP contribution >= 0.6 is 0 Å². The van der Waals surface area contributed by atoms with Crippen molar-refractivity contribution in [1.29, 1.82) is 0 Å². The third-order valence-electron chi connectivity index (χ3n) is 8.02. The molecule has 4 rings (SSSR count). The Hall–Kier alpha value is -0.710. The maximum atomic E-state index is 13.4. The maximum Gasteiger partial charge on any atom is 0.171 e. The molecule has 4 heteroatoms. The normalized spacial score (nSPS) is 50.3. The third-order valence-corrected chi connectivity index (χ3v) is 8.02. The summed E-state index contributed by atoms with van der Waals surface area (Å²) < 4.78 is 5.61. The van der Waals surface area contributed by atoms with Gasteiger partial charge < -0.3 is 14.9 Å². The summed E-state index contributed by atoms with van der Waals surface area (Å²) in [5.41, 5.74) is 0.367. The molecule has 3 aliphatic carbocycles. The Bertz CT molecular complexity index is 621. The van der Waals surface area contributed by atoms with Crippen LogP contribution < -0.4 is 0 Å². The van der Waals surface area contributed by atoms with Crippen molar-refractivity contribution in [3.05, 3.63) is 11.1 Å². The topological polar surface area (TPSA) is 66.8 Å². The van der Waals surface area contributed by atoms with Gasteiger partial charge >= 0.3 is 0 Å². The van der Waals surface area contributed by atoms with E-state index in [9.17, 15) is 15.0 Å². The van der Waals surface area contributed by atoms with Gasteiger partial charge in [-0.25, -0.2) is 0 Å². The summed E-state index contributed by atoms with van der Waals surface area (Å²) >= 11 is 0. The van der Waals surface area contributed by atoms with E-state index >= 15 is 0 Å². The lowest BCUT2D eigenvalue weighted by Crippen LogP contribution is -2.71. The second kappa shape index (κ2) is 4.93. The molecule has 1 heterocycles. The number of hydrogen-bond donors (Lipinski definition) is 2. The molecule has 4 aliphatic rings. The highest BCUT2D eigenvalue weighted by Crippen LogP contribution is 2.60. The smallest absolute Gasteiger partial charge is 0.171 e. The van der Waals surface area contributed by atoms with Gasteiger partial charge in [0.2, 0.25) is 0 Å². The molecule has 4 nitrogen and oxygen atoms in total. The number of carbonyl (C=O) groups excluding carboxylic acids is 1.